The highest BCUT2D eigenvalue weighted by molar-refractivity contribution is 5.98. The third-order valence-corrected chi connectivity index (χ3v) is 4.24. The molecule has 22 heavy (non-hydrogen) atoms. The summed E-state index contributed by atoms with van der Waals surface area (Å²) >= 11 is 0. The summed E-state index contributed by atoms with van der Waals surface area (Å²) < 4.78 is 1.89. The molecule has 3 rings (SSSR count). The zero-order valence-corrected chi connectivity index (χ0v) is 13.6. The first-order valence-electron chi connectivity index (χ1n) is 7.85. The van der Waals surface area contributed by atoms with Crippen molar-refractivity contribution in [2.75, 3.05) is 19.6 Å². The summed E-state index contributed by atoms with van der Waals surface area (Å²) in [5.41, 5.74) is 2.30. The summed E-state index contributed by atoms with van der Waals surface area (Å²) in [6, 6.07) is 2.38. The standard InChI is InChI=1S/C16H23N5O/c1-10(2)21-15-13(9-18-21)7-14(12(4)19-15)16(22)20-6-5-17-8-11(20)3/h7,9-11,17H,5-6,8H2,1-4H3/t11-/m1/s1. The Labute approximate surface area is 130 Å². The highest BCUT2D eigenvalue weighted by Crippen LogP contribution is 2.21. The van der Waals surface area contributed by atoms with Gasteiger partial charge in [0, 0.05) is 37.1 Å². The number of fused-ring (bicyclic) bond motifs is 1. The Balaban J connectivity index is 2.00. The molecule has 1 aliphatic rings. The fraction of sp³-hybridized carbons (Fsp3) is 0.562. The van der Waals surface area contributed by atoms with Crippen molar-refractivity contribution < 1.29 is 4.79 Å². The van der Waals surface area contributed by atoms with Crippen LogP contribution in [0.3, 0.4) is 0 Å². The summed E-state index contributed by atoms with van der Waals surface area (Å²) in [5, 5.41) is 8.61. The van der Waals surface area contributed by atoms with Gasteiger partial charge in [0.05, 0.1) is 17.5 Å². The molecule has 0 aliphatic carbocycles. The van der Waals surface area contributed by atoms with E-state index in [1.165, 1.54) is 0 Å². The lowest BCUT2D eigenvalue weighted by Crippen LogP contribution is -2.52. The van der Waals surface area contributed by atoms with Gasteiger partial charge in [0.25, 0.3) is 5.91 Å². The fourth-order valence-electron chi connectivity index (χ4n) is 2.96. The van der Waals surface area contributed by atoms with Crippen molar-refractivity contribution in [3.8, 4) is 0 Å². The van der Waals surface area contributed by atoms with Crippen LogP contribution < -0.4 is 5.32 Å². The number of carbonyl (C=O) groups is 1. The van der Waals surface area contributed by atoms with Crippen molar-refractivity contribution in [2.45, 2.75) is 39.8 Å². The molecule has 0 unspecified atom stereocenters. The highest BCUT2D eigenvalue weighted by Gasteiger charge is 2.26. The number of hydrogen-bond acceptors (Lipinski definition) is 4. The monoisotopic (exact) mass is 301 g/mol. The average Bonchev–Trinajstić information content (AvgIpc) is 2.89. The van der Waals surface area contributed by atoms with E-state index in [0.29, 0.717) is 5.56 Å². The minimum Gasteiger partial charge on any atom is -0.333 e. The summed E-state index contributed by atoms with van der Waals surface area (Å²) in [7, 11) is 0. The van der Waals surface area contributed by atoms with Gasteiger partial charge in [-0.3, -0.25) is 4.79 Å². The second-order valence-electron chi connectivity index (χ2n) is 6.27. The Hall–Kier alpha value is -1.95. The van der Waals surface area contributed by atoms with E-state index in [-0.39, 0.29) is 18.0 Å². The van der Waals surface area contributed by atoms with Gasteiger partial charge >= 0.3 is 0 Å². The second-order valence-corrected chi connectivity index (χ2v) is 6.27. The average molecular weight is 301 g/mol. The van der Waals surface area contributed by atoms with Crippen LogP contribution in [0.1, 0.15) is 42.9 Å². The van der Waals surface area contributed by atoms with Crippen LogP contribution in [0.4, 0.5) is 0 Å². The number of hydrogen-bond donors (Lipinski definition) is 1. The van der Waals surface area contributed by atoms with E-state index in [1.807, 2.05) is 22.6 Å². The van der Waals surface area contributed by atoms with Crippen molar-refractivity contribution in [1.29, 1.82) is 0 Å². The maximum atomic E-state index is 12.8. The second kappa shape index (κ2) is 5.68. The lowest BCUT2D eigenvalue weighted by atomic mass is 10.1. The maximum absolute atomic E-state index is 12.8. The summed E-state index contributed by atoms with van der Waals surface area (Å²) in [6.07, 6.45) is 1.79. The number of piperazine rings is 1. The molecule has 1 aliphatic heterocycles. The topological polar surface area (TPSA) is 63.1 Å². The van der Waals surface area contributed by atoms with E-state index in [4.69, 9.17) is 0 Å². The largest absolute Gasteiger partial charge is 0.333 e. The molecule has 118 valence electrons. The molecule has 1 amide bonds. The molecule has 6 nitrogen and oxygen atoms in total. The summed E-state index contributed by atoms with van der Waals surface area (Å²) in [4.78, 5) is 19.4. The van der Waals surface area contributed by atoms with Crippen molar-refractivity contribution in [3.05, 3.63) is 23.5 Å². The molecule has 2 aromatic heterocycles. The molecule has 0 spiro atoms. The van der Waals surface area contributed by atoms with E-state index >= 15 is 0 Å². The first-order chi connectivity index (χ1) is 10.5. The third-order valence-electron chi connectivity index (χ3n) is 4.24. The van der Waals surface area contributed by atoms with Crippen LogP contribution in [0.15, 0.2) is 12.3 Å². The predicted molar refractivity (Wildman–Crippen MR) is 86.0 cm³/mol. The van der Waals surface area contributed by atoms with Crippen LogP contribution in [0.2, 0.25) is 0 Å². The van der Waals surface area contributed by atoms with Crippen LogP contribution in [0.5, 0.6) is 0 Å². The van der Waals surface area contributed by atoms with E-state index in [0.717, 1.165) is 36.4 Å². The molecule has 1 N–H and O–H groups in total. The molecule has 6 heteroatoms. The molecule has 1 atom stereocenters. The lowest BCUT2D eigenvalue weighted by molar-refractivity contribution is 0.0654. The molecule has 0 radical (unpaired) electrons. The minimum atomic E-state index is 0.0678. The molecule has 0 bridgehead atoms. The molecule has 1 saturated heterocycles. The molecule has 1 fully saturated rings. The van der Waals surface area contributed by atoms with Crippen LogP contribution in [0, 0.1) is 6.92 Å². The molecule has 0 saturated carbocycles. The maximum Gasteiger partial charge on any atom is 0.256 e. The zero-order chi connectivity index (χ0) is 15.9. The van der Waals surface area contributed by atoms with Gasteiger partial charge in [0.1, 0.15) is 0 Å². The fourth-order valence-corrected chi connectivity index (χ4v) is 2.96. The molecular weight excluding hydrogens is 278 g/mol. The Morgan fingerprint density at radius 2 is 2.23 bits per heavy atom. The van der Waals surface area contributed by atoms with Gasteiger partial charge in [-0.15, -0.1) is 0 Å². The number of pyridine rings is 1. The SMILES string of the molecule is Cc1nc2c(cnn2C(C)C)cc1C(=O)N1CCNC[C@H]1C. The van der Waals surface area contributed by atoms with Gasteiger partial charge in [-0.1, -0.05) is 0 Å². The molecule has 3 heterocycles. The first-order valence-corrected chi connectivity index (χ1v) is 7.85. The van der Waals surface area contributed by atoms with Gasteiger partial charge in [-0.2, -0.15) is 5.10 Å². The van der Waals surface area contributed by atoms with E-state index in [1.54, 1.807) is 6.20 Å². The molecular formula is C16H23N5O. The normalized spacial score (nSPS) is 19.1. The third kappa shape index (κ3) is 2.47. The van der Waals surface area contributed by atoms with Crippen LogP contribution in [-0.2, 0) is 0 Å². The smallest absolute Gasteiger partial charge is 0.256 e. The number of amides is 1. The number of aryl methyl sites for hydroxylation is 1. The highest BCUT2D eigenvalue weighted by atomic mass is 16.2. The number of carbonyl (C=O) groups excluding carboxylic acids is 1. The Morgan fingerprint density at radius 3 is 2.91 bits per heavy atom. The van der Waals surface area contributed by atoms with Gasteiger partial charge in [0.15, 0.2) is 5.65 Å². The van der Waals surface area contributed by atoms with E-state index < -0.39 is 0 Å². The van der Waals surface area contributed by atoms with E-state index in [2.05, 4.69) is 36.2 Å². The molecule has 0 aromatic carbocycles. The van der Waals surface area contributed by atoms with Crippen molar-refractivity contribution in [3.63, 3.8) is 0 Å². The zero-order valence-electron chi connectivity index (χ0n) is 13.6. The Kier molecular flexibility index (Phi) is 3.87. The number of aromatic nitrogens is 3. The van der Waals surface area contributed by atoms with Gasteiger partial charge in [0.2, 0.25) is 0 Å². The van der Waals surface area contributed by atoms with Crippen molar-refractivity contribution >= 4 is 16.9 Å². The van der Waals surface area contributed by atoms with Crippen LogP contribution in [-0.4, -0.2) is 51.2 Å². The Bertz CT molecular complexity index is 706. The van der Waals surface area contributed by atoms with Crippen LogP contribution in [0.25, 0.3) is 11.0 Å². The van der Waals surface area contributed by atoms with E-state index in [9.17, 15) is 4.79 Å². The number of nitrogens with one attached hydrogen (secondary N) is 1. The predicted octanol–water partition coefficient (Wildman–Crippen LogP) is 1.75. The number of nitrogens with zero attached hydrogens (tertiary/aromatic N) is 4. The molecule has 2 aromatic rings. The van der Waals surface area contributed by atoms with Crippen LogP contribution >= 0.6 is 0 Å². The summed E-state index contributed by atoms with van der Waals surface area (Å²) in [5.74, 6) is 0.0678. The quantitative estimate of drug-likeness (QED) is 0.918. The van der Waals surface area contributed by atoms with Gasteiger partial charge in [-0.05, 0) is 33.8 Å². The number of rotatable bonds is 2. The van der Waals surface area contributed by atoms with Gasteiger partial charge in [-0.25, -0.2) is 9.67 Å². The summed E-state index contributed by atoms with van der Waals surface area (Å²) in [6.45, 7) is 10.5. The minimum absolute atomic E-state index is 0.0678. The van der Waals surface area contributed by atoms with Crippen molar-refractivity contribution in [1.82, 2.24) is 25.0 Å². The first kappa shape index (κ1) is 15.0. The Morgan fingerprint density at radius 1 is 1.45 bits per heavy atom. The van der Waals surface area contributed by atoms with Crippen molar-refractivity contribution in [2.24, 2.45) is 0 Å². The lowest BCUT2D eigenvalue weighted by Gasteiger charge is -2.34. The van der Waals surface area contributed by atoms with Gasteiger partial charge < -0.3 is 10.2 Å².